The SMILES string of the molecule is Cc1cc(C)cc(OCC(=O)Nc2nc(-c3cc(C)ccc3C)cs2)c1. The van der Waals surface area contributed by atoms with Crippen molar-refractivity contribution < 1.29 is 9.53 Å². The van der Waals surface area contributed by atoms with Crippen molar-refractivity contribution >= 4 is 22.4 Å². The smallest absolute Gasteiger partial charge is 0.264 e. The zero-order valence-corrected chi connectivity index (χ0v) is 16.2. The lowest BCUT2D eigenvalue weighted by Gasteiger charge is -2.08. The second-order valence-electron chi connectivity index (χ2n) is 6.52. The highest BCUT2D eigenvalue weighted by molar-refractivity contribution is 7.14. The van der Waals surface area contributed by atoms with Gasteiger partial charge in [-0.25, -0.2) is 4.98 Å². The van der Waals surface area contributed by atoms with Gasteiger partial charge in [0, 0.05) is 10.9 Å². The van der Waals surface area contributed by atoms with Gasteiger partial charge in [0.25, 0.3) is 5.91 Å². The summed E-state index contributed by atoms with van der Waals surface area (Å²) in [4.78, 5) is 16.7. The highest BCUT2D eigenvalue weighted by Gasteiger charge is 2.11. The molecule has 134 valence electrons. The van der Waals surface area contributed by atoms with Crippen LogP contribution in [-0.2, 0) is 4.79 Å². The van der Waals surface area contributed by atoms with Crippen LogP contribution in [0.3, 0.4) is 0 Å². The van der Waals surface area contributed by atoms with E-state index in [2.05, 4.69) is 48.4 Å². The van der Waals surface area contributed by atoms with Crippen molar-refractivity contribution in [3.8, 4) is 17.0 Å². The molecule has 0 bridgehead atoms. The molecule has 0 saturated heterocycles. The summed E-state index contributed by atoms with van der Waals surface area (Å²) >= 11 is 1.42. The van der Waals surface area contributed by atoms with Crippen molar-refractivity contribution in [2.45, 2.75) is 27.7 Å². The fourth-order valence-electron chi connectivity index (χ4n) is 2.79. The van der Waals surface area contributed by atoms with Gasteiger partial charge in [0.15, 0.2) is 11.7 Å². The molecule has 4 nitrogen and oxygen atoms in total. The van der Waals surface area contributed by atoms with Crippen molar-refractivity contribution in [2.24, 2.45) is 0 Å². The first-order valence-electron chi connectivity index (χ1n) is 8.45. The van der Waals surface area contributed by atoms with Crippen LogP contribution in [0, 0.1) is 27.7 Å². The maximum Gasteiger partial charge on any atom is 0.264 e. The van der Waals surface area contributed by atoms with Crippen molar-refractivity contribution in [1.82, 2.24) is 4.98 Å². The molecule has 5 heteroatoms. The maximum atomic E-state index is 12.2. The molecule has 0 saturated carbocycles. The highest BCUT2D eigenvalue weighted by atomic mass is 32.1. The molecule has 1 heterocycles. The standard InChI is InChI=1S/C21H22N2O2S/c1-13-5-6-16(4)18(10-13)19-12-26-21(22-19)23-20(24)11-25-17-8-14(2)7-15(3)9-17/h5-10,12H,11H2,1-4H3,(H,22,23,24). The lowest BCUT2D eigenvalue weighted by Crippen LogP contribution is -2.20. The Morgan fingerprint density at radius 1 is 1.04 bits per heavy atom. The predicted molar refractivity (Wildman–Crippen MR) is 107 cm³/mol. The molecule has 1 N–H and O–H groups in total. The summed E-state index contributed by atoms with van der Waals surface area (Å²) in [6.45, 7) is 8.09. The third-order valence-electron chi connectivity index (χ3n) is 3.98. The molecule has 3 aromatic rings. The Morgan fingerprint density at radius 2 is 1.77 bits per heavy atom. The lowest BCUT2D eigenvalue weighted by atomic mass is 10.0. The second kappa shape index (κ2) is 7.70. The van der Waals surface area contributed by atoms with Gasteiger partial charge < -0.3 is 4.74 Å². The van der Waals surface area contributed by atoms with E-state index < -0.39 is 0 Å². The minimum absolute atomic E-state index is 0.0404. The van der Waals surface area contributed by atoms with Crippen LogP contribution in [0.4, 0.5) is 5.13 Å². The normalized spacial score (nSPS) is 10.6. The summed E-state index contributed by atoms with van der Waals surface area (Å²) in [5, 5.41) is 5.35. The van der Waals surface area contributed by atoms with Crippen LogP contribution in [0.5, 0.6) is 5.75 Å². The summed E-state index contributed by atoms with van der Waals surface area (Å²) in [7, 11) is 0. The molecule has 0 unspecified atom stereocenters. The number of carbonyl (C=O) groups is 1. The largest absolute Gasteiger partial charge is 0.484 e. The molecule has 2 aromatic carbocycles. The fraction of sp³-hybridized carbons (Fsp3) is 0.238. The average molecular weight is 366 g/mol. The van der Waals surface area contributed by atoms with Crippen LogP contribution in [0.25, 0.3) is 11.3 Å². The minimum atomic E-state index is -0.217. The number of hydrogen-bond donors (Lipinski definition) is 1. The predicted octanol–water partition coefficient (Wildman–Crippen LogP) is 5.06. The van der Waals surface area contributed by atoms with Crippen molar-refractivity contribution in [1.29, 1.82) is 0 Å². The number of nitrogens with one attached hydrogen (secondary N) is 1. The Labute approximate surface area is 157 Å². The minimum Gasteiger partial charge on any atom is -0.484 e. The van der Waals surface area contributed by atoms with Gasteiger partial charge in [0.05, 0.1) is 5.69 Å². The first kappa shape index (κ1) is 18.1. The third-order valence-corrected chi connectivity index (χ3v) is 4.74. The van der Waals surface area contributed by atoms with E-state index in [1.807, 2.05) is 31.4 Å². The molecule has 0 atom stereocenters. The number of benzene rings is 2. The van der Waals surface area contributed by atoms with E-state index in [1.54, 1.807) is 0 Å². The van der Waals surface area contributed by atoms with Crippen LogP contribution < -0.4 is 10.1 Å². The Bertz CT molecular complexity index is 927. The van der Waals surface area contributed by atoms with Crippen molar-refractivity contribution in [2.75, 3.05) is 11.9 Å². The van der Waals surface area contributed by atoms with Gasteiger partial charge in [0.1, 0.15) is 5.75 Å². The van der Waals surface area contributed by atoms with Gasteiger partial charge in [0.2, 0.25) is 0 Å². The van der Waals surface area contributed by atoms with Gasteiger partial charge in [-0.3, -0.25) is 10.1 Å². The monoisotopic (exact) mass is 366 g/mol. The second-order valence-corrected chi connectivity index (χ2v) is 7.37. The Hall–Kier alpha value is -2.66. The first-order chi connectivity index (χ1) is 12.4. The number of anilines is 1. The van der Waals surface area contributed by atoms with E-state index in [-0.39, 0.29) is 12.5 Å². The number of rotatable bonds is 5. The molecule has 0 aliphatic heterocycles. The number of amides is 1. The summed E-state index contributed by atoms with van der Waals surface area (Å²) in [5.41, 5.74) is 6.54. The molecule has 26 heavy (non-hydrogen) atoms. The van der Waals surface area contributed by atoms with Gasteiger partial charge in [-0.1, -0.05) is 23.8 Å². The molecule has 1 aromatic heterocycles. The Balaban J connectivity index is 1.63. The molecule has 0 aliphatic carbocycles. The zero-order valence-electron chi connectivity index (χ0n) is 15.4. The molecule has 3 rings (SSSR count). The highest BCUT2D eigenvalue weighted by Crippen LogP contribution is 2.28. The van der Waals surface area contributed by atoms with Gasteiger partial charge >= 0.3 is 0 Å². The average Bonchev–Trinajstić information content (AvgIpc) is 3.02. The van der Waals surface area contributed by atoms with E-state index >= 15 is 0 Å². The molecular formula is C21H22N2O2S. The Morgan fingerprint density at radius 3 is 2.50 bits per heavy atom. The summed E-state index contributed by atoms with van der Waals surface area (Å²) in [6, 6.07) is 12.2. The zero-order chi connectivity index (χ0) is 18.7. The van der Waals surface area contributed by atoms with E-state index in [1.165, 1.54) is 16.9 Å². The van der Waals surface area contributed by atoms with Gasteiger partial charge in [-0.15, -0.1) is 11.3 Å². The lowest BCUT2D eigenvalue weighted by molar-refractivity contribution is -0.118. The van der Waals surface area contributed by atoms with Crippen LogP contribution in [0.1, 0.15) is 22.3 Å². The number of carbonyl (C=O) groups excluding carboxylic acids is 1. The molecule has 0 aliphatic rings. The first-order valence-corrected chi connectivity index (χ1v) is 9.33. The number of aromatic nitrogens is 1. The third kappa shape index (κ3) is 4.49. The Kier molecular flexibility index (Phi) is 5.38. The number of nitrogens with zero attached hydrogens (tertiary/aromatic N) is 1. The molecular weight excluding hydrogens is 344 g/mol. The van der Waals surface area contributed by atoms with Crippen LogP contribution in [-0.4, -0.2) is 17.5 Å². The van der Waals surface area contributed by atoms with Crippen LogP contribution in [0.15, 0.2) is 41.8 Å². The van der Waals surface area contributed by atoms with Crippen LogP contribution in [0.2, 0.25) is 0 Å². The number of ether oxygens (including phenoxy) is 1. The van der Waals surface area contributed by atoms with E-state index in [4.69, 9.17) is 4.74 Å². The van der Waals surface area contributed by atoms with Gasteiger partial charge in [-0.05, 0) is 62.6 Å². The topological polar surface area (TPSA) is 51.2 Å². The number of thiazole rings is 1. The van der Waals surface area contributed by atoms with Gasteiger partial charge in [-0.2, -0.15) is 0 Å². The van der Waals surface area contributed by atoms with Crippen molar-refractivity contribution in [3.05, 3.63) is 64.0 Å². The summed E-state index contributed by atoms with van der Waals surface area (Å²) < 4.78 is 5.59. The molecule has 1 amide bonds. The van der Waals surface area contributed by atoms with E-state index in [0.717, 1.165) is 27.9 Å². The molecule has 0 radical (unpaired) electrons. The number of hydrogen-bond acceptors (Lipinski definition) is 4. The summed E-state index contributed by atoms with van der Waals surface area (Å²) in [5.74, 6) is 0.485. The van der Waals surface area contributed by atoms with Crippen LogP contribution >= 0.6 is 11.3 Å². The van der Waals surface area contributed by atoms with Crippen molar-refractivity contribution in [3.63, 3.8) is 0 Å². The summed E-state index contributed by atoms with van der Waals surface area (Å²) in [6.07, 6.45) is 0. The maximum absolute atomic E-state index is 12.2. The van der Waals surface area contributed by atoms with E-state index in [9.17, 15) is 4.79 Å². The molecule has 0 fully saturated rings. The fourth-order valence-corrected chi connectivity index (χ4v) is 3.51. The quantitative estimate of drug-likeness (QED) is 0.686. The van der Waals surface area contributed by atoms with E-state index in [0.29, 0.717) is 10.9 Å². The number of aryl methyl sites for hydroxylation is 4. The molecule has 0 spiro atoms.